The van der Waals surface area contributed by atoms with E-state index in [-0.39, 0.29) is 0 Å². The summed E-state index contributed by atoms with van der Waals surface area (Å²) in [5.74, 6) is 0.344. The fourth-order valence-electron chi connectivity index (χ4n) is 2.34. The molecule has 2 rings (SSSR count). The number of nitrogens with one attached hydrogen (secondary N) is 1. The average molecular weight is 262 g/mol. The summed E-state index contributed by atoms with van der Waals surface area (Å²) >= 11 is 0. The monoisotopic (exact) mass is 262 g/mol. The van der Waals surface area contributed by atoms with Crippen molar-refractivity contribution in [2.24, 2.45) is 5.92 Å². The molecule has 0 aromatic heterocycles. The van der Waals surface area contributed by atoms with Crippen molar-refractivity contribution >= 4 is 10.2 Å². The molecule has 0 unspecified atom stereocenters. The molecule has 0 spiro atoms. The summed E-state index contributed by atoms with van der Waals surface area (Å²) in [5, 5.41) is 0. The molecule has 1 N–H and O–H groups in total. The molecular weight excluding hydrogens is 240 g/mol. The first-order chi connectivity index (χ1) is 8.18. The van der Waals surface area contributed by atoms with Gasteiger partial charge in [-0.25, -0.2) is 4.72 Å². The molecule has 0 radical (unpaired) electrons. The predicted octanol–water partition coefficient (Wildman–Crippen LogP) is 0.733. The third-order valence-corrected chi connectivity index (χ3v) is 5.06. The molecule has 2 heterocycles. The Morgan fingerprint density at radius 2 is 1.88 bits per heavy atom. The van der Waals surface area contributed by atoms with Gasteiger partial charge in [-0.15, -0.1) is 0 Å². The van der Waals surface area contributed by atoms with Gasteiger partial charge < -0.3 is 4.74 Å². The molecule has 17 heavy (non-hydrogen) atoms. The molecule has 2 saturated heterocycles. The molecule has 2 fully saturated rings. The van der Waals surface area contributed by atoms with E-state index in [1.54, 1.807) is 4.31 Å². The number of rotatable bonds is 4. The number of hydrogen-bond donors (Lipinski definition) is 1. The molecule has 6 heteroatoms. The van der Waals surface area contributed by atoms with Crippen molar-refractivity contribution in [2.75, 3.05) is 32.8 Å². The molecule has 2 aliphatic rings. The largest absolute Gasteiger partial charge is 0.381 e. The predicted molar refractivity (Wildman–Crippen MR) is 65.9 cm³/mol. The summed E-state index contributed by atoms with van der Waals surface area (Å²) in [6, 6.07) is 0. The lowest BCUT2D eigenvalue weighted by Crippen LogP contribution is -2.43. The lowest BCUT2D eigenvalue weighted by molar-refractivity contribution is 0.186. The van der Waals surface area contributed by atoms with E-state index in [2.05, 4.69) is 4.72 Å². The molecule has 5 nitrogen and oxygen atoms in total. The summed E-state index contributed by atoms with van der Waals surface area (Å²) in [4.78, 5) is 0. The van der Waals surface area contributed by atoms with Crippen molar-refractivity contribution in [1.82, 2.24) is 9.03 Å². The second-order valence-electron chi connectivity index (χ2n) is 4.90. The summed E-state index contributed by atoms with van der Waals surface area (Å²) in [5.41, 5.74) is 0. The maximum absolute atomic E-state index is 12.1. The van der Waals surface area contributed by atoms with E-state index in [9.17, 15) is 8.42 Å². The highest BCUT2D eigenvalue weighted by atomic mass is 32.2. The van der Waals surface area contributed by atoms with Crippen molar-refractivity contribution in [1.29, 1.82) is 0 Å². The van der Waals surface area contributed by atoms with Crippen LogP contribution in [0.2, 0.25) is 0 Å². The Morgan fingerprint density at radius 3 is 2.47 bits per heavy atom. The maximum atomic E-state index is 12.1. The van der Waals surface area contributed by atoms with Gasteiger partial charge in [-0.3, -0.25) is 0 Å². The van der Waals surface area contributed by atoms with Gasteiger partial charge in [0.2, 0.25) is 0 Å². The van der Waals surface area contributed by atoms with Crippen LogP contribution in [-0.4, -0.2) is 45.6 Å². The lowest BCUT2D eigenvalue weighted by atomic mass is 10.1. The smallest absolute Gasteiger partial charge is 0.279 e. The Balaban J connectivity index is 1.83. The Labute approximate surface area is 104 Å². The van der Waals surface area contributed by atoms with Crippen molar-refractivity contribution in [3.05, 3.63) is 0 Å². The fourth-order valence-corrected chi connectivity index (χ4v) is 3.71. The van der Waals surface area contributed by atoms with E-state index in [0.29, 0.717) is 32.2 Å². The van der Waals surface area contributed by atoms with Crippen LogP contribution >= 0.6 is 0 Å². The van der Waals surface area contributed by atoms with Crippen molar-refractivity contribution in [3.63, 3.8) is 0 Å². The zero-order valence-corrected chi connectivity index (χ0v) is 11.0. The van der Waals surface area contributed by atoms with Crippen LogP contribution in [0.5, 0.6) is 0 Å². The van der Waals surface area contributed by atoms with Crippen LogP contribution in [-0.2, 0) is 14.9 Å². The third kappa shape index (κ3) is 3.91. The summed E-state index contributed by atoms with van der Waals surface area (Å²) in [7, 11) is -3.27. The van der Waals surface area contributed by atoms with Gasteiger partial charge in [0.15, 0.2) is 0 Å². The van der Waals surface area contributed by atoms with Gasteiger partial charge in [-0.05, 0) is 25.2 Å². The Kier molecular flexibility index (Phi) is 4.78. The van der Waals surface area contributed by atoms with Crippen LogP contribution in [0.3, 0.4) is 0 Å². The number of ether oxygens (including phenoxy) is 1. The average Bonchev–Trinajstić information content (AvgIpc) is 2.66. The third-order valence-electron chi connectivity index (χ3n) is 3.48. The first-order valence-electron chi connectivity index (χ1n) is 6.51. The van der Waals surface area contributed by atoms with Gasteiger partial charge in [0.1, 0.15) is 0 Å². The molecule has 0 saturated carbocycles. The molecule has 100 valence electrons. The van der Waals surface area contributed by atoms with Crippen LogP contribution in [0.25, 0.3) is 0 Å². The Bertz CT molecular complexity index is 318. The van der Waals surface area contributed by atoms with E-state index in [4.69, 9.17) is 4.74 Å². The molecule has 0 aromatic rings. The zero-order chi connectivity index (χ0) is 12.1. The minimum atomic E-state index is -3.27. The number of nitrogens with zero attached hydrogens (tertiary/aromatic N) is 1. The molecule has 2 aliphatic heterocycles. The number of hydrogen-bond acceptors (Lipinski definition) is 3. The molecule has 0 aromatic carbocycles. The van der Waals surface area contributed by atoms with Crippen LogP contribution < -0.4 is 4.72 Å². The van der Waals surface area contributed by atoms with E-state index in [1.165, 1.54) is 0 Å². The quantitative estimate of drug-likeness (QED) is 0.812. The minimum absolute atomic E-state index is 0.344. The molecule has 0 bridgehead atoms. The van der Waals surface area contributed by atoms with Gasteiger partial charge in [0.25, 0.3) is 10.2 Å². The van der Waals surface area contributed by atoms with Crippen LogP contribution in [0.1, 0.15) is 32.1 Å². The van der Waals surface area contributed by atoms with Gasteiger partial charge in [0.05, 0.1) is 6.61 Å². The van der Waals surface area contributed by atoms with E-state index in [1.807, 2.05) is 0 Å². The van der Waals surface area contributed by atoms with Crippen molar-refractivity contribution in [3.8, 4) is 0 Å². The van der Waals surface area contributed by atoms with Crippen LogP contribution in [0, 0.1) is 5.92 Å². The van der Waals surface area contributed by atoms with E-state index in [0.717, 1.165) is 38.7 Å². The first-order valence-corrected chi connectivity index (χ1v) is 7.95. The normalized spacial score (nSPS) is 28.1. The highest BCUT2D eigenvalue weighted by molar-refractivity contribution is 7.87. The van der Waals surface area contributed by atoms with Gasteiger partial charge in [0, 0.05) is 26.2 Å². The highest BCUT2D eigenvalue weighted by Gasteiger charge is 2.24. The Morgan fingerprint density at radius 1 is 1.18 bits per heavy atom. The second-order valence-corrected chi connectivity index (χ2v) is 6.65. The van der Waals surface area contributed by atoms with Gasteiger partial charge in [-0.2, -0.15) is 12.7 Å². The molecule has 1 atom stereocenters. The highest BCUT2D eigenvalue weighted by Crippen LogP contribution is 2.14. The van der Waals surface area contributed by atoms with Crippen LogP contribution in [0.15, 0.2) is 0 Å². The summed E-state index contributed by atoms with van der Waals surface area (Å²) in [6.07, 6.45) is 5.20. The lowest BCUT2D eigenvalue weighted by Gasteiger charge is -2.21. The standard InChI is InChI=1S/C11H22N2O3S/c14-17(15,12-9-11-5-8-16-10-11)13-6-3-1-2-4-7-13/h11-12H,1-10H2/t11-/m0/s1. The molecular formula is C11H22N2O3S. The zero-order valence-electron chi connectivity index (χ0n) is 10.2. The molecule has 0 aliphatic carbocycles. The Hall–Kier alpha value is -0.170. The van der Waals surface area contributed by atoms with E-state index >= 15 is 0 Å². The maximum Gasteiger partial charge on any atom is 0.279 e. The minimum Gasteiger partial charge on any atom is -0.381 e. The summed E-state index contributed by atoms with van der Waals surface area (Å²) in [6.45, 7) is 3.28. The second kappa shape index (κ2) is 6.13. The van der Waals surface area contributed by atoms with Crippen LogP contribution in [0.4, 0.5) is 0 Å². The summed E-state index contributed by atoms with van der Waals surface area (Å²) < 4.78 is 33.7. The van der Waals surface area contributed by atoms with E-state index < -0.39 is 10.2 Å². The fraction of sp³-hybridized carbons (Fsp3) is 1.00. The first kappa shape index (κ1) is 13.3. The van der Waals surface area contributed by atoms with Gasteiger partial charge in [-0.1, -0.05) is 12.8 Å². The molecule has 0 amide bonds. The van der Waals surface area contributed by atoms with Crippen molar-refractivity contribution < 1.29 is 13.2 Å². The van der Waals surface area contributed by atoms with Crippen molar-refractivity contribution in [2.45, 2.75) is 32.1 Å². The topological polar surface area (TPSA) is 58.6 Å². The SMILES string of the molecule is O=S(=O)(NC[C@@H]1CCOC1)N1CCCCCC1. The van der Waals surface area contributed by atoms with Gasteiger partial charge >= 0.3 is 0 Å².